The van der Waals surface area contributed by atoms with Gasteiger partial charge in [0.1, 0.15) is 18.0 Å². The molecule has 6 heteroatoms. The lowest BCUT2D eigenvalue weighted by molar-refractivity contribution is -0.0141. The van der Waals surface area contributed by atoms with Crippen LogP contribution in [0.2, 0.25) is 0 Å². The number of aromatic nitrogens is 1. The first-order chi connectivity index (χ1) is 9.90. The van der Waals surface area contributed by atoms with Crippen molar-refractivity contribution in [1.29, 1.82) is 5.41 Å². The average molecular weight is 291 g/mol. The molecule has 21 heavy (non-hydrogen) atoms. The molecule has 1 atom stereocenters. The van der Waals surface area contributed by atoms with E-state index in [-0.39, 0.29) is 12.1 Å². The van der Waals surface area contributed by atoms with Crippen LogP contribution in [0.5, 0.6) is 5.75 Å². The Labute approximate surface area is 124 Å². The SMILES string of the molecule is CC(C)(C)OC(=O)N1CC[C@@H]1COc1cnccc1C=N. The lowest BCUT2D eigenvalue weighted by Crippen LogP contribution is -2.55. The molecule has 1 N–H and O–H groups in total. The summed E-state index contributed by atoms with van der Waals surface area (Å²) in [6.45, 7) is 6.62. The third-order valence-electron chi connectivity index (χ3n) is 3.18. The smallest absolute Gasteiger partial charge is 0.410 e. The van der Waals surface area contributed by atoms with E-state index in [9.17, 15) is 4.79 Å². The van der Waals surface area contributed by atoms with E-state index in [1.807, 2.05) is 20.8 Å². The Hall–Kier alpha value is -2.11. The van der Waals surface area contributed by atoms with Gasteiger partial charge in [-0.2, -0.15) is 0 Å². The van der Waals surface area contributed by atoms with Crippen molar-refractivity contribution in [2.24, 2.45) is 0 Å². The number of carbonyl (C=O) groups excluding carboxylic acids is 1. The maximum atomic E-state index is 12.0. The van der Waals surface area contributed by atoms with Gasteiger partial charge in [-0.05, 0) is 33.3 Å². The van der Waals surface area contributed by atoms with Crippen molar-refractivity contribution in [3.63, 3.8) is 0 Å². The van der Waals surface area contributed by atoms with Gasteiger partial charge in [-0.15, -0.1) is 0 Å². The molecule has 6 nitrogen and oxygen atoms in total. The summed E-state index contributed by atoms with van der Waals surface area (Å²) < 4.78 is 11.0. The molecule has 0 bridgehead atoms. The van der Waals surface area contributed by atoms with Crippen LogP contribution in [0.3, 0.4) is 0 Å². The maximum Gasteiger partial charge on any atom is 0.410 e. The Bertz CT molecular complexity index is 525. The molecular formula is C15H21N3O3. The molecule has 0 spiro atoms. The number of hydrogen-bond acceptors (Lipinski definition) is 5. The highest BCUT2D eigenvalue weighted by atomic mass is 16.6. The Morgan fingerprint density at radius 1 is 1.57 bits per heavy atom. The van der Waals surface area contributed by atoms with Crippen LogP contribution in [-0.2, 0) is 4.74 Å². The van der Waals surface area contributed by atoms with Crippen molar-refractivity contribution < 1.29 is 14.3 Å². The molecule has 1 aliphatic rings. The second kappa shape index (κ2) is 6.11. The molecule has 1 saturated heterocycles. The van der Waals surface area contributed by atoms with E-state index in [1.165, 1.54) is 6.21 Å². The number of amides is 1. The van der Waals surface area contributed by atoms with Gasteiger partial charge in [-0.3, -0.25) is 4.98 Å². The van der Waals surface area contributed by atoms with Crippen molar-refractivity contribution in [3.05, 3.63) is 24.0 Å². The Kier molecular flexibility index (Phi) is 4.45. The van der Waals surface area contributed by atoms with E-state index < -0.39 is 5.60 Å². The van der Waals surface area contributed by atoms with Gasteiger partial charge in [0.25, 0.3) is 0 Å². The van der Waals surface area contributed by atoms with Gasteiger partial charge < -0.3 is 19.8 Å². The topological polar surface area (TPSA) is 75.5 Å². The van der Waals surface area contributed by atoms with Gasteiger partial charge in [0, 0.05) is 24.5 Å². The van der Waals surface area contributed by atoms with E-state index in [4.69, 9.17) is 14.9 Å². The predicted molar refractivity (Wildman–Crippen MR) is 79.0 cm³/mol. The second-order valence-electron chi connectivity index (χ2n) is 5.99. The monoisotopic (exact) mass is 291 g/mol. The number of pyridine rings is 1. The van der Waals surface area contributed by atoms with Gasteiger partial charge in [0.15, 0.2) is 0 Å². The minimum atomic E-state index is -0.491. The summed E-state index contributed by atoms with van der Waals surface area (Å²) in [5, 5.41) is 7.32. The number of nitrogens with zero attached hydrogens (tertiary/aromatic N) is 2. The van der Waals surface area contributed by atoms with Crippen molar-refractivity contribution in [2.75, 3.05) is 13.2 Å². The summed E-state index contributed by atoms with van der Waals surface area (Å²) in [7, 11) is 0. The number of likely N-dealkylation sites (tertiary alicyclic amines) is 1. The van der Waals surface area contributed by atoms with E-state index in [1.54, 1.807) is 23.4 Å². The fourth-order valence-corrected chi connectivity index (χ4v) is 1.99. The van der Waals surface area contributed by atoms with Crippen LogP contribution in [0.4, 0.5) is 4.79 Å². The Balaban J connectivity index is 1.89. The molecule has 0 aliphatic carbocycles. The van der Waals surface area contributed by atoms with Crippen LogP contribution in [0, 0.1) is 5.41 Å². The molecule has 2 rings (SSSR count). The molecule has 1 fully saturated rings. The van der Waals surface area contributed by atoms with Gasteiger partial charge in [0.2, 0.25) is 0 Å². The first-order valence-corrected chi connectivity index (χ1v) is 6.97. The van der Waals surface area contributed by atoms with E-state index >= 15 is 0 Å². The van der Waals surface area contributed by atoms with Crippen LogP contribution in [0.15, 0.2) is 18.5 Å². The van der Waals surface area contributed by atoms with Crippen molar-refractivity contribution >= 4 is 12.3 Å². The third-order valence-corrected chi connectivity index (χ3v) is 3.18. The fourth-order valence-electron chi connectivity index (χ4n) is 1.99. The highest BCUT2D eigenvalue weighted by Crippen LogP contribution is 2.23. The number of hydrogen-bond donors (Lipinski definition) is 1. The van der Waals surface area contributed by atoms with Crippen LogP contribution >= 0.6 is 0 Å². The normalized spacial score (nSPS) is 17.9. The number of carbonyl (C=O) groups is 1. The van der Waals surface area contributed by atoms with E-state index in [0.717, 1.165) is 6.42 Å². The van der Waals surface area contributed by atoms with Gasteiger partial charge in [-0.25, -0.2) is 4.79 Å². The second-order valence-corrected chi connectivity index (χ2v) is 5.99. The zero-order chi connectivity index (χ0) is 15.5. The largest absolute Gasteiger partial charge is 0.489 e. The molecule has 0 unspecified atom stereocenters. The molecule has 0 radical (unpaired) electrons. The zero-order valence-corrected chi connectivity index (χ0v) is 12.6. The molecule has 2 heterocycles. The fraction of sp³-hybridized carbons (Fsp3) is 0.533. The minimum Gasteiger partial charge on any atom is -0.489 e. The first kappa shape index (κ1) is 15.3. The van der Waals surface area contributed by atoms with Crippen LogP contribution in [-0.4, -0.2) is 47.0 Å². The summed E-state index contributed by atoms with van der Waals surface area (Å²) in [6.07, 6.45) is 5.00. The van der Waals surface area contributed by atoms with E-state index in [0.29, 0.717) is 24.5 Å². The molecule has 114 valence electrons. The first-order valence-electron chi connectivity index (χ1n) is 6.97. The van der Waals surface area contributed by atoms with Crippen LogP contribution in [0.1, 0.15) is 32.8 Å². The summed E-state index contributed by atoms with van der Waals surface area (Å²) in [6, 6.07) is 1.73. The molecular weight excluding hydrogens is 270 g/mol. The van der Waals surface area contributed by atoms with Crippen LogP contribution in [0.25, 0.3) is 0 Å². The number of rotatable bonds is 4. The molecule has 0 saturated carbocycles. The van der Waals surface area contributed by atoms with Crippen molar-refractivity contribution in [3.8, 4) is 5.75 Å². The Morgan fingerprint density at radius 3 is 2.90 bits per heavy atom. The molecule has 1 aromatic rings. The number of nitrogens with one attached hydrogen (secondary N) is 1. The highest BCUT2D eigenvalue weighted by Gasteiger charge is 2.35. The lowest BCUT2D eigenvalue weighted by Gasteiger charge is -2.41. The molecule has 1 amide bonds. The van der Waals surface area contributed by atoms with Crippen molar-refractivity contribution in [2.45, 2.75) is 38.8 Å². The molecule has 1 aliphatic heterocycles. The summed E-state index contributed by atoms with van der Waals surface area (Å²) in [5.74, 6) is 0.559. The lowest BCUT2D eigenvalue weighted by atomic mass is 10.1. The standard InChI is InChI=1S/C15H21N3O3/c1-15(2,3)21-14(19)18-7-5-12(18)10-20-13-9-17-6-4-11(13)8-16/h4,6,8-9,12,16H,5,7,10H2,1-3H3/t12-/m1/s1. The number of ether oxygens (including phenoxy) is 2. The summed E-state index contributed by atoms with van der Waals surface area (Å²) >= 11 is 0. The Morgan fingerprint density at radius 2 is 2.33 bits per heavy atom. The van der Waals surface area contributed by atoms with Gasteiger partial charge >= 0.3 is 6.09 Å². The van der Waals surface area contributed by atoms with Crippen molar-refractivity contribution in [1.82, 2.24) is 9.88 Å². The summed E-state index contributed by atoms with van der Waals surface area (Å²) in [4.78, 5) is 17.6. The minimum absolute atomic E-state index is 0.0126. The maximum absolute atomic E-state index is 12.0. The predicted octanol–water partition coefficient (Wildman–Crippen LogP) is 2.47. The quantitative estimate of drug-likeness (QED) is 0.865. The molecule has 0 aromatic carbocycles. The average Bonchev–Trinajstić information content (AvgIpc) is 2.35. The molecule has 1 aromatic heterocycles. The highest BCUT2D eigenvalue weighted by molar-refractivity contribution is 5.80. The van der Waals surface area contributed by atoms with Gasteiger partial charge in [-0.1, -0.05) is 0 Å². The third kappa shape index (κ3) is 3.93. The zero-order valence-electron chi connectivity index (χ0n) is 12.6. The van der Waals surface area contributed by atoms with E-state index in [2.05, 4.69) is 4.98 Å². The van der Waals surface area contributed by atoms with Gasteiger partial charge in [0.05, 0.1) is 12.2 Å². The summed E-state index contributed by atoms with van der Waals surface area (Å²) in [5.41, 5.74) is 0.183. The van der Waals surface area contributed by atoms with Crippen LogP contribution < -0.4 is 4.74 Å².